The Bertz CT molecular complexity index is 422. The lowest BCUT2D eigenvalue weighted by Gasteiger charge is -2.09. The third kappa shape index (κ3) is 2.63. The summed E-state index contributed by atoms with van der Waals surface area (Å²) in [6.45, 7) is 5.90. The zero-order valence-corrected chi connectivity index (χ0v) is 9.91. The van der Waals surface area contributed by atoms with E-state index in [2.05, 4.69) is 0 Å². The van der Waals surface area contributed by atoms with Gasteiger partial charge in [-0.05, 0) is 32.4 Å². The number of nitrogen functional groups attached to an aromatic ring is 1. The summed E-state index contributed by atoms with van der Waals surface area (Å²) in [7, 11) is 0. The third-order valence-corrected chi connectivity index (χ3v) is 2.28. The minimum atomic E-state index is -0.333. The van der Waals surface area contributed by atoms with Crippen LogP contribution in [0.5, 0.6) is 0 Å². The molecule has 0 radical (unpaired) electrons. The van der Waals surface area contributed by atoms with E-state index in [1.807, 2.05) is 25.1 Å². The van der Waals surface area contributed by atoms with Crippen molar-refractivity contribution >= 4 is 17.2 Å². The number of carbonyl (C=O) groups is 1. The van der Waals surface area contributed by atoms with Gasteiger partial charge in [0.1, 0.15) is 0 Å². The lowest BCUT2D eigenvalue weighted by atomic mass is 10.0. The molecule has 0 saturated carbocycles. The molecule has 0 aliphatic carbocycles. The highest BCUT2D eigenvalue weighted by Crippen LogP contribution is 2.23. The van der Waals surface area contributed by atoms with Gasteiger partial charge in [0.2, 0.25) is 0 Å². The maximum atomic E-state index is 11.7. The van der Waals surface area contributed by atoms with Crippen molar-refractivity contribution in [2.75, 3.05) is 12.3 Å². The molecule has 1 rings (SSSR count). The molecule has 86 valence electrons. The molecule has 2 N–H and O–H groups in total. The molecule has 1 aromatic rings. The molecule has 3 heteroatoms. The van der Waals surface area contributed by atoms with Crippen LogP contribution in [0.4, 0.5) is 5.69 Å². The van der Waals surface area contributed by atoms with Crippen LogP contribution in [0.1, 0.15) is 25.0 Å². The molecule has 16 heavy (non-hydrogen) atoms. The molecule has 0 spiro atoms. The summed E-state index contributed by atoms with van der Waals surface area (Å²) in [4.78, 5) is 11.7. The minimum Gasteiger partial charge on any atom is -0.462 e. The van der Waals surface area contributed by atoms with E-state index in [-0.39, 0.29) is 5.97 Å². The van der Waals surface area contributed by atoms with E-state index in [0.29, 0.717) is 17.9 Å². The number of esters is 1. The molecule has 0 amide bonds. The summed E-state index contributed by atoms with van der Waals surface area (Å²) in [5.74, 6) is -0.333. The Morgan fingerprint density at radius 3 is 2.69 bits per heavy atom. The molecular formula is C13H17NO2. The van der Waals surface area contributed by atoms with Gasteiger partial charge >= 0.3 is 5.97 Å². The van der Waals surface area contributed by atoms with E-state index < -0.39 is 0 Å². The number of carbonyl (C=O) groups excluding carboxylic acids is 1. The van der Waals surface area contributed by atoms with Crippen molar-refractivity contribution in [1.82, 2.24) is 0 Å². The highest BCUT2D eigenvalue weighted by atomic mass is 16.5. The van der Waals surface area contributed by atoms with Gasteiger partial charge in [-0.2, -0.15) is 0 Å². The average molecular weight is 219 g/mol. The van der Waals surface area contributed by atoms with Crippen LogP contribution in [0.3, 0.4) is 0 Å². The first-order chi connectivity index (χ1) is 7.60. The number of hydrogen-bond acceptors (Lipinski definition) is 3. The Labute approximate surface area is 95.9 Å². The second-order valence-electron chi connectivity index (χ2n) is 3.51. The zero-order chi connectivity index (χ0) is 12.1. The topological polar surface area (TPSA) is 52.3 Å². The van der Waals surface area contributed by atoms with Gasteiger partial charge in [0.05, 0.1) is 12.2 Å². The van der Waals surface area contributed by atoms with Crippen molar-refractivity contribution in [1.29, 1.82) is 0 Å². The highest BCUT2D eigenvalue weighted by Gasteiger charge is 2.14. The molecule has 1 aromatic carbocycles. The molecule has 0 saturated heterocycles. The summed E-state index contributed by atoms with van der Waals surface area (Å²) in [6.07, 6.45) is 1.72. The normalized spacial score (nSPS) is 11.3. The molecule has 0 atom stereocenters. The Balaban J connectivity index is 3.10. The predicted octanol–water partition coefficient (Wildman–Crippen LogP) is 2.54. The van der Waals surface area contributed by atoms with Crippen molar-refractivity contribution < 1.29 is 9.53 Å². The van der Waals surface area contributed by atoms with Crippen LogP contribution >= 0.6 is 0 Å². The minimum absolute atomic E-state index is 0.333. The first-order valence-corrected chi connectivity index (χ1v) is 5.30. The van der Waals surface area contributed by atoms with Crippen molar-refractivity contribution in [2.45, 2.75) is 20.8 Å². The van der Waals surface area contributed by atoms with Crippen molar-refractivity contribution in [3.63, 3.8) is 0 Å². The van der Waals surface area contributed by atoms with Gasteiger partial charge in [0.25, 0.3) is 0 Å². The van der Waals surface area contributed by atoms with Crippen LogP contribution in [0.15, 0.2) is 24.3 Å². The molecule has 0 fully saturated rings. The fourth-order valence-electron chi connectivity index (χ4n) is 1.52. The number of rotatable bonds is 3. The Morgan fingerprint density at radius 2 is 2.19 bits per heavy atom. The maximum absolute atomic E-state index is 11.7. The van der Waals surface area contributed by atoms with Crippen LogP contribution in [-0.4, -0.2) is 12.6 Å². The molecular weight excluding hydrogens is 202 g/mol. The smallest absolute Gasteiger partial charge is 0.338 e. The van der Waals surface area contributed by atoms with Gasteiger partial charge in [-0.15, -0.1) is 0 Å². The van der Waals surface area contributed by atoms with Crippen LogP contribution in [0.25, 0.3) is 5.57 Å². The summed E-state index contributed by atoms with van der Waals surface area (Å²) in [6, 6.07) is 5.61. The third-order valence-electron chi connectivity index (χ3n) is 2.28. The van der Waals surface area contributed by atoms with Crippen molar-refractivity contribution in [3.8, 4) is 0 Å². The molecule has 0 aliphatic rings. The van der Waals surface area contributed by atoms with Gasteiger partial charge in [0, 0.05) is 11.3 Å². The summed E-state index contributed by atoms with van der Waals surface area (Å²) in [5.41, 5.74) is 8.79. The second-order valence-corrected chi connectivity index (χ2v) is 3.51. The van der Waals surface area contributed by atoms with Gasteiger partial charge in [-0.25, -0.2) is 4.79 Å². The standard InChI is InChI=1S/C13H17NO2/c1-4-10(13(15)16-5-2)11-7-6-9(3)8-12(11)14/h4,6-8H,5,14H2,1-3H3/b10-4+. The number of anilines is 1. The molecule has 0 aliphatic heterocycles. The molecule has 0 heterocycles. The fraction of sp³-hybridized carbons (Fsp3) is 0.308. The summed E-state index contributed by atoms with van der Waals surface area (Å²) >= 11 is 0. The van der Waals surface area contributed by atoms with E-state index in [0.717, 1.165) is 11.1 Å². The number of hydrogen-bond donors (Lipinski definition) is 1. The number of allylic oxidation sites excluding steroid dienone is 1. The van der Waals surface area contributed by atoms with Gasteiger partial charge in [-0.3, -0.25) is 0 Å². The van der Waals surface area contributed by atoms with Crippen LogP contribution in [0.2, 0.25) is 0 Å². The van der Waals surface area contributed by atoms with Gasteiger partial charge in [0.15, 0.2) is 0 Å². The monoisotopic (exact) mass is 219 g/mol. The quantitative estimate of drug-likeness (QED) is 0.483. The molecule has 3 nitrogen and oxygen atoms in total. The summed E-state index contributed by atoms with van der Waals surface area (Å²) in [5, 5.41) is 0. The SMILES string of the molecule is C/C=C(/C(=O)OCC)c1ccc(C)cc1N. The maximum Gasteiger partial charge on any atom is 0.338 e. The number of benzene rings is 1. The van der Waals surface area contributed by atoms with Crippen molar-refractivity contribution in [3.05, 3.63) is 35.4 Å². The summed E-state index contributed by atoms with van der Waals surface area (Å²) < 4.78 is 4.97. The number of aryl methyl sites for hydroxylation is 1. The largest absolute Gasteiger partial charge is 0.462 e. The first-order valence-electron chi connectivity index (χ1n) is 5.30. The number of ether oxygens (including phenoxy) is 1. The van der Waals surface area contributed by atoms with E-state index >= 15 is 0 Å². The first kappa shape index (κ1) is 12.3. The van der Waals surface area contributed by atoms with E-state index in [9.17, 15) is 4.79 Å². The number of nitrogens with two attached hydrogens (primary N) is 1. The lowest BCUT2D eigenvalue weighted by molar-refractivity contribution is -0.136. The van der Waals surface area contributed by atoms with Crippen LogP contribution in [-0.2, 0) is 9.53 Å². The second kappa shape index (κ2) is 5.35. The van der Waals surface area contributed by atoms with E-state index in [1.165, 1.54) is 0 Å². The Hall–Kier alpha value is -1.77. The van der Waals surface area contributed by atoms with Crippen LogP contribution in [0, 0.1) is 6.92 Å². The molecule has 0 aromatic heterocycles. The molecule has 0 bridgehead atoms. The van der Waals surface area contributed by atoms with Gasteiger partial charge < -0.3 is 10.5 Å². The lowest BCUT2D eigenvalue weighted by Crippen LogP contribution is -2.08. The van der Waals surface area contributed by atoms with E-state index in [4.69, 9.17) is 10.5 Å². The van der Waals surface area contributed by atoms with Gasteiger partial charge in [-0.1, -0.05) is 18.2 Å². The van der Waals surface area contributed by atoms with E-state index in [1.54, 1.807) is 19.9 Å². The Kier molecular flexibility index (Phi) is 4.11. The average Bonchev–Trinajstić information content (AvgIpc) is 2.22. The predicted molar refractivity (Wildman–Crippen MR) is 65.9 cm³/mol. The fourth-order valence-corrected chi connectivity index (χ4v) is 1.52. The zero-order valence-electron chi connectivity index (χ0n) is 9.91. The highest BCUT2D eigenvalue weighted by molar-refractivity contribution is 6.17. The molecule has 0 unspecified atom stereocenters. The Morgan fingerprint density at radius 1 is 1.50 bits per heavy atom. The van der Waals surface area contributed by atoms with Crippen LogP contribution < -0.4 is 5.73 Å². The van der Waals surface area contributed by atoms with Crippen molar-refractivity contribution in [2.24, 2.45) is 0 Å².